The number of esters is 3. The highest BCUT2D eigenvalue weighted by Gasteiger charge is 2.50. The Hall–Kier alpha value is -3.62. The zero-order valence-corrected chi connectivity index (χ0v) is 54.7. The van der Waals surface area contributed by atoms with Crippen LogP contribution in [0, 0.1) is 0 Å². The van der Waals surface area contributed by atoms with Gasteiger partial charge in [-0.1, -0.05) is 276 Å². The molecule has 1 fully saturated rings. The number of carbonyl (C=O) groups is 4. The molecule has 0 aromatic heterocycles. The molecule has 1 amide bonds. The number of nitrogens with one attached hydrogen (secondary N) is 1. The van der Waals surface area contributed by atoms with Crippen molar-refractivity contribution in [3.63, 3.8) is 0 Å². The Morgan fingerprint density at radius 3 is 1.48 bits per heavy atom. The molecule has 474 valence electrons. The summed E-state index contributed by atoms with van der Waals surface area (Å²) in [6.07, 6.45) is 28.3. The number of hydrogen-bond acceptors (Lipinski definition) is 11. The third-order valence-electron chi connectivity index (χ3n) is 17.1. The summed E-state index contributed by atoms with van der Waals surface area (Å²) in [6, 6.07) is 18.1. The molecule has 7 atom stereocenters. The van der Waals surface area contributed by atoms with Gasteiger partial charge in [0.1, 0.15) is 24.9 Å². The lowest BCUT2D eigenvalue weighted by Gasteiger charge is -2.46. The monoisotopic (exact) mass is 1180 g/mol. The molecule has 0 aliphatic carbocycles. The summed E-state index contributed by atoms with van der Waals surface area (Å²) in [5, 5.41) is 15.4. The number of aliphatic hydroxyl groups is 1. The predicted octanol–water partition coefficient (Wildman–Crippen LogP) is 17.5. The van der Waals surface area contributed by atoms with Gasteiger partial charge in [-0.05, 0) is 54.9 Å². The zero-order chi connectivity index (χ0) is 60.4. The van der Waals surface area contributed by atoms with E-state index in [1.807, 2.05) is 60.7 Å². The maximum atomic E-state index is 14.6. The molecule has 83 heavy (non-hydrogen) atoms. The van der Waals surface area contributed by atoms with Crippen molar-refractivity contribution in [2.24, 2.45) is 0 Å². The van der Waals surface area contributed by atoms with Crippen LogP contribution in [0.3, 0.4) is 0 Å². The summed E-state index contributed by atoms with van der Waals surface area (Å²) in [4.78, 5) is 56.7. The number of aliphatic hydroxyl groups excluding tert-OH is 1. The molecule has 0 radical (unpaired) electrons. The van der Waals surface area contributed by atoms with Gasteiger partial charge in [0, 0.05) is 6.42 Å². The van der Waals surface area contributed by atoms with Crippen LogP contribution < -0.4 is 5.32 Å². The van der Waals surface area contributed by atoms with Crippen LogP contribution in [0.2, 0.25) is 18.1 Å². The van der Waals surface area contributed by atoms with Gasteiger partial charge in [-0.25, -0.2) is 0 Å². The first-order valence-corrected chi connectivity index (χ1v) is 36.5. The van der Waals surface area contributed by atoms with E-state index in [0.717, 1.165) is 81.8 Å². The summed E-state index contributed by atoms with van der Waals surface area (Å²) in [6.45, 7) is 17.6. The first-order chi connectivity index (χ1) is 40.1. The number of benzene rings is 2. The van der Waals surface area contributed by atoms with Gasteiger partial charge in [0.2, 0.25) is 5.91 Å². The van der Waals surface area contributed by atoms with E-state index in [0.29, 0.717) is 19.4 Å². The lowest BCUT2D eigenvalue weighted by molar-refractivity contribution is -0.213. The van der Waals surface area contributed by atoms with Gasteiger partial charge >= 0.3 is 17.9 Å². The van der Waals surface area contributed by atoms with Crippen molar-refractivity contribution < 1.29 is 52.4 Å². The molecule has 1 aliphatic rings. The Morgan fingerprint density at radius 1 is 0.554 bits per heavy atom. The van der Waals surface area contributed by atoms with E-state index in [9.17, 15) is 24.3 Å². The molecule has 1 aliphatic heterocycles. The van der Waals surface area contributed by atoms with Gasteiger partial charge in [-0.2, -0.15) is 0 Å². The highest BCUT2D eigenvalue weighted by molar-refractivity contribution is 6.74. The van der Waals surface area contributed by atoms with E-state index in [1.165, 1.54) is 116 Å². The smallest absolute Gasteiger partial charge is 0.310 e. The predicted molar refractivity (Wildman–Crippen MR) is 339 cm³/mol. The minimum Gasteiger partial charge on any atom is -0.462 e. The summed E-state index contributed by atoms with van der Waals surface area (Å²) in [5.74, 6) is -1.97. The lowest BCUT2D eigenvalue weighted by atomic mass is 9.90. The second-order valence-electron chi connectivity index (χ2n) is 25.6. The van der Waals surface area contributed by atoms with Crippen LogP contribution in [0.15, 0.2) is 60.7 Å². The zero-order valence-electron chi connectivity index (χ0n) is 53.7. The van der Waals surface area contributed by atoms with E-state index in [-0.39, 0.29) is 55.8 Å². The fourth-order valence-electron chi connectivity index (χ4n) is 10.7. The average Bonchev–Trinajstić information content (AvgIpc) is 3.41. The quantitative estimate of drug-likeness (QED) is 0.0281. The maximum absolute atomic E-state index is 14.6. The fraction of sp³-hybridized carbons (Fsp3) is 0.771. The Balaban J connectivity index is 1.90. The molecule has 3 rings (SSSR count). The molecular weight excluding hydrogens is 1060 g/mol. The van der Waals surface area contributed by atoms with Gasteiger partial charge in [-0.3, -0.25) is 19.2 Å². The molecule has 13 heteroatoms. The largest absolute Gasteiger partial charge is 0.462 e. The van der Waals surface area contributed by atoms with Crippen molar-refractivity contribution in [3.8, 4) is 0 Å². The van der Waals surface area contributed by atoms with Crippen LogP contribution >= 0.6 is 0 Å². The minimum absolute atomic E-state index is 0.00388. The Kier molecular flexibility index (Phi) is 39.7. The van der Waals surface area contributed by atoms with Crippen LogP contribution in [0.1, 0.15) is 277 Å². The average molecular weight is 1180 g/mol. The lowest BCUT2D eigenvalue weighted by Crippen LogP contribution is -2.66. The van der Waals surface area contributed by atoms with Gasteiger partial charge in [-0.15, -0.1) is 0 Å². The Labute approximate surface area is 506 Å². The summed E-state index contributed by atoms with van der Waals surface area (Å²) < 4.78 is 38.2. The van der Waals surface area contributed by atoms with Crippen LogP contribution in [0.5, 0.6) is 0 Å². The molecule has 1 saturated heterocycles. The van der Waals surface area contributed by atoms with Crippen LogP contribution in [-0.2, 0) is 60.5 Å². The van der Waals surface area contributed by atoms with Gasteiger partial charge in [0.05, 0.1) is 50.7 Å². The van der Waals surface area contributed by atoms with Crippen molar-refractivity contribution in [1.29, 1.82) is 0 Å². The van der Waals surface area contributed by atoms with E-state index in [1.54, 1.807) is 0 Å². The molecule has 2 aromatic carbocycles. The van der Waals surface area contributed by atoms with Crippen molar-refractivity contribution in [2.75, 3.05) is 6.61 Å². The van der Waals surface area contributed by atoms with Crippen molar-refractivity contribution >= 4 is 32.1 Å². The second-order valence-corrected chi connectivity index (χ2v) is 30.4. The summed E-state index contributed by atoms with van der Waals surface area (Å²) in [5.41, 5.74) is 1.81. The van der Waals surface area contributed by atoms with E-state index >= 15 is 0 Å². The normalized spacial score (nSPS) is 18.1. The SMILES string of the molecule is CCCCCCCCCCCCCC(=O)O[C@H](CCCCCCCCCCC)CC(=O)O[C@H]1[C@H](O)[C@@H](CO[Si](C)(C)C(C)(C)C)O[C@H](CC(=O)OCc2ccccc2)[C@@H]1NC(=O)C[C@@H](CCCCCCCCCCC)OCc1ccccc1. The van der Waals surface area contributed by atoms with Crippen LogP contribution in [0.4, 0.5) is 0 Å². The van der Waals surface area contributed by atoms with Crippen molar-refractivity contribution in [1.82, 2.24) is 5.32 Å². The summed E-state index contributed by atoms with van der Waals surface area (Å²) >= 11 is 0. The van der Waals surface area contributed by atoms with Gasteiger partial charge < -0.3 is 38.5 Å². The Morgan fingerprint density at radius 2 is 1.00 bits per heavy atom. The van der Waals surface area contributed by atoms with Crippen molar-refractivity contribution in [3.05, 3.63) is 71.8 Å². The molecule has 0 saturated carbocycles. The Bertz CT molecular complexity index is 1960. The molecular formula is C70H119NO11Si. The molecule has 1 heterocycles. The molecule has 12 nitrogen and oxygen atoms in total. The molecule has 0 spiro atoms. The number of rotatable bonds is 49. The van der Waals surface area contributed by atoms with Crippen LogP contribution in [0.25, 0.3) is 0 Å². The third kappa shape index (κ3) is 33.8. The first-order valence-electron chi connectivity index (χ1n) is 33.6. The summed E-state index contributed by atoms with van der Waals surface area (Å²) in [7, 11) is -2.41. The van der Waals surface area contributed by atoms with Gasteiger partial charge in [0.25, 0.3) is 0 Å². The molecule has 2 aromatic rings. The topological polar surface area (TPSA) is 156 Å². The highest BCUT2D eigenvalue weighted by Crippen LogP contribution is 2.38. The van der Waals surface area contributed by atoms with Crippen LogP contribution in [-0.4, -0.2) is 86.5 Å². The highest BCUT2D eigenvalue weighted by atomic mass is 28.4. The van der Waals surface area contributed by atoms with E-state index < -0.39 is 62.9 Å². The van der Waals surface area contributed by atoms with E-state index in [2.05, 4.69) is 60.0 Å². The minimum atomic E-state index is -2.41. The maximum Gasteiger partial charge on any atom is 0.310 e. The molecule has 0 bridgehead atoms. The number of amides is 1. The fourth-order valence-corrected chi connectivity index (χ4v) is 11.8. The molecule has 0 unspecified atom stereocenters. The number of hydrogen-bond donors (Lipinski definition) is 2. The number of carbonyl (C=O) groups excluding carboxylic acids is 4. The second kappa shape index (κ2) is 44.8. The van der Waals surface area contributed by atoms with Crippen molar-refractivity contribution in [2.45, 2.75) is 340 Å². The standard InChI is InChI=1S/C70H119NO11Si/c1-9-12-15-18-21-24-25-28-31-34-43-50-64(73)80-60(49-42-33-30-27-23-20-17-14-11-3)52-66(75)82-69-67(71-63(72)51-59(77-54-57-44-37-35-38-45-57)48-41-32-29-26-22-19-16-13-10-2)61(53-65(74)78-55-58-46-39-36-40-47-58)81-62(68(69)76)56-79-83(7,8)70(4,5)6/h35-40,44-47,59-62,67-69,76H,9-34,41-43,48-56H2,1-8H3,(H,71,72)/t59-,60-,61-,62-,67+,68-,69-/m1/s1. The first kappa shape index (κ1) is 73.6. The third-order valence-corrected chi connectivity index (χ3v) is 21.6. The molecule has 2 N–H and O–H groups in total. The van der Waals surface area contributed by atoms with Gasteiger partial charge in [0.15, 0.2) is 14.4 Å². The number of unbranched alkanes of at least 4 members (excludes halogenated alkanes) is 26. The van der Waals surface area contributed by atoms with E-state index in [4.69, 9.17) is 28.1 Å². The number of ether oxygens (including phenoxy) is 5.